The summed E-state index contributed by atoms with van der Waals surface area (Å²) < 4.78 is 0. The van der Waals surface area contributed by atoms with Gasteiger partial charge in [-0.3, -0.25) is 15.1 Å². The second-order valence-corrected chi connectivity index (χ2v) is 15.9. The molecule has 2 aromatic carbocycles. The van der Waals surface area contributed by atoms with Crippen molar-refractivity contribution in [2.24, 2.45) is 23.0 Å². The van der Waals surface area contributed by atoms with Crippen LogP contribution in [0, 0.1) is 22.7 Å². The van der Waals surface area contributed by atoms with Crippen LogP contribution in [0.2, 0.25) is 0 Å². The van der Waals surface area contributed by atoms with Gasteiger partial charge in [0.05, 0.1) is 11.9 Å². The third-order valence-electron chi connectivity index (χ3n) is 13.3. The molecule has 0 spiro atoms. The molecule has 6 heteroatoms. The number of hydrogen-bond acceptors (Lipinski definition) is 4. The Morgan fingerprint density at radius 3 is 2.28 bits per heavy atom. The predicted molar refractivity (Wildman–Crippen MR) is 189 cm³/mol. The highest BCUT2D eigenvalue weighted by Gasteiger charge is 2.59. The maximum Gasteiger partial charge on any atom is 0.237 e. The first-order valence-corrected chi connectivity index (χ1v) is 19.1. The number of amidine groups is 1. The SMILES string of the molecule is N=C(N)C1CCC2(C3CCCCCCCC3)CC(C(=O)NC3CCC(N4CCCC4)CC3)N(Cc3cccc4ccccc34)C2C1. The molecule has 2 aliphatic heterocycles. The molecule has 1 amide bonds. The summed E-state index contributed by atoms with van der Waals surface area (Å²) in [6, 6.07) is 16.6. The number of carbonyl (C=O) groups is 1. The fourth-order valence-electron chi connectivity index (χ4n) is 10.8. The van der Waals surface area contributed by atoms with Crippen molar-refractivity contribution in [2.75, 3.05) is 13.1 Å². The maximum atomic E-state index is 14.6. The molecule has 5 aliphatic rings. The van der Waals surface area contributed by atoms with E-state index >= 15 is 0 Å². The number of nitrogens with one attached hydrogen (secondary N) is 2. The van der Waals surface area contributed by atoms with Crippen molar-refractivity contribution in [3.05, 3.63) is 48.0 Å². The molecule has 3 saturated carbocycles. The zero-order chi connectivity index (χ0) is 31.5. The molecular formula is C40H59N5O. The maximum absolute atomic E-state index is 14.6. The van der Waals surface area contributed by atoms with E-state index in [1.54, 1.807) is 0 Å². The Hall–Kier alpha value is -2.44. The van der Waals surface area contributed by atoms with Crippen LogP contribution >= 0.6 is 0 Å². The van der Waals surface area contributed by atoms with E-state index in [2.05, 4.69) is 57.6 Å². The van der Waals surface area contributed by atoms with Crippen LogP contribution < -0.4 is 11.1 Å². The van der Waals surface area contributed by atoms with Gasteiger partial charge in [0, 0.05) is 30.6 Å². The number of nitrogens with zero attached hydrogens (tertiary/aromatic N) is 2. The first kappa shape index (κ1) is 32.1. The quantitative estimate of drug-likeness (QED) is 0.217. The molecule has 250 valence electrons. The highest BCUT2D eigenvalue weighted by molar-refractivity contribution is 5.86. The number of benzene rings is 2. The van der Waals surface area contributed by atoms with Gasteiger partial charge >= 0.3 is 0 Å². The van der Waals surface area contributed by atoms with E-state index in [9.17, 15) is 4.79 Å². The lowest BCUT2D eigenvalue weighted by atomic mass is 9.58. The van der Waals surface area contributed by atoms with Gasteiger partial charge in [0.1, 0.15) is 0 Å². The second-order valence-electron chi connectivity index (χ2n) is 15.9. The minimum absolute atomic E-state index is 0.118. The lowest BCUT2D eigenvalue weighted by molar-refractivity contribution is -0.127. The average molecular weight is 626 g/mol. The lowest BCUT2D eigenvalue weighted by Crippen LogP contribution is -2.52. The number of hydrogen-bond donors (Lipinski definition) is 3. The molecule has 0 aromatic heterocycles. The molecule has 0 radical (unpaired) electrons. The van der Waals surface area contributed by atoms with Gasteiger partial charge in [-0.25, -0.2) is 0 Å². The normalized spacial score (nSPS) is 33.6. The third-order valence-corrected chi connectivity index (χ3v) is 13.3. The Balaban J connectivity index is 1.19. The van der Waals surface area contributed by atoms with E-state index in [1.165, 1.54) is 106 Å². The molecule has 46 heavy (non-hydrogen) atoms. The molecule has 2 heterocycles. The van der Waals surface area contributed by atoms with Gasteiger partial charge < -0.3 is 16.0 Å². The molecule has 0 bridgehead atoms. The van der Waals surface area contributed by atoms with Crippen molar-refractivity contribution in [1.82, 2.24) is 15.1 Å². The molecular weight excluding hydrogens is 566 g/mol. The molecule has 4 unspecified atom stereocenters. The molecule has 6 nitrogen and oxygen atoms in total. The van der Waals surface area contributed by atoms with Crippen molar-refractivity contribution >= 4 is 22.5 Å². The monoisotopic (exact) mass is 625 g/mol. The van der Waals surface area contributed by atoms with E-state index in [-0.39, 0.29) is 29.3 Å². The highest BCUT2D eigenvalue weighted by atomic mass is 16.2. The first-order valence-electron chi connectivity index (χ1n) is 19.1. The number of amides is 1. The summed E-state index contributed by atoms with van der Waals surface area (Å²) in [6.45, 7) is 3.31. The summed E-state index contributed by atoms with van der Waals surface area (Å²) in [5, 5.41) is 14.7. The number of rotatable bonds is 7. The highest BCUT2D eigenvalue weighted by Crippen LogP contribution is 2.58. The van der Waals surface area contributed by atoms with Gasteiger partial charge in [0.25, 0.3) is 0 Å². The predicted octanol–water partition coefficient (Wildman–Crippen LogP) is 7.78. The summed E-state index contributed by atoms with van der Waals surface area (Å²) in [6.07, 6.45) is 21.9. The van der Waals surface area contributed by atoms with Crippen molar-refractivity contribution in [1.29, 1.82) is 5.41 Å². The van der Waals surface area contributed by atoms with Crippen LogP contribution in [0.1, 0.15) is 121 Å². The van der Waals surface area contributed by atoms with Gasteiger partial charge in [0.2, 0.25) is 5.91 Å². The Labute approximate surface area is 277 Å². The molecule has 2 saturated heterocycles. The van der Waals surface area contributed by atoms with Gasteiger partial charge in [-0.2, -0.15) is 0 Å². The smallest absolute Gasteiger partial charge is 0.237 e. The lowest BCUT2D eigenvalue weighted by Gasteiger charge is -2.49. The summed E-state index contributed by atoms with van der Waals surface area (Å²) >= 11 is 0. The van der Waals surface area contributed by atoms with Crippen LogP contribution in [0.15, 0.2) is 42.5 Å². The van der Waals surface area contributed by atoms with Gasteiger partial charge in [-0.1, -0.05) is 81.0 Å². The summed E-state index contributed by atoms with van der Waals surface area (Å²) in [4.78, 5) is 20.0. The van der Waals surface area contributed by atoms with Crippen LogP contribution in [0.4, 0.5) is 0 Å². The van der Waals surface area contributed by atoms with E-state index in [1.807, 2.05) is 0 Å². The van der Waals surface area contributed by atoms with Crippen LogP contribution in [0.25, 0.3) is 10.8 Å². The Morgan fingerprint density at radius 1 is 0.848 bits per heavy atom. The second kappa shape index (κ2) is 14.4. The third kappa shape index (κ3) is 6.63. The van der Waals surface area contributed by atoms with Crippen molar-refractivity contribution in [3.8, 4) is 0 Å². The zero-order valence-electron chi connectivity index (χ0n) is 28.2. The minimum atomic E-state index is -0.126. The molecule has 3 aliphatic carbocycles. The molecule has 4 N–H and O–H groups in total. The Kier molecular flexibility index (Phi) is 10.0. The van der Waals surface area contributed by atoms with Crippen molar-refractivity contribution < 1.29 is 4.79 Å². The summed E-state index contributed by atoms with van der Waals surface area (Å²) in [5.74, 6) is 1.37. The largest absolute Gasteiger partial charge is 0.387 e. The number of nitrogens with two attached hydrogens (primary N) is 1. The van der Waals surface area contributed by atoms with Crippen molar-refractivity contribution in [3.63, 3.8) is 0 Å². The summed E-state index contributed by atoms with van der Waals surface area (Å²) in [7, 11) is 0. The number of carbonyl (C=O) groups excluding carboxylic acids is 1. The van der Waals surface area contributed by atoms with Gasteiger partial charge in [-0.05, 0) is 118 Å². The Morgan fingerprint density at radius 2 is 1.54 bits per heavy atom. The standard InChI is InChI=1S/C40H59N5O/c41-38(42)30-22-23-40(32-15-5-3-1-2-4-6-16-32)27-36(39(46)43-33-18-20-34(21-19-33)44-24-9-10-25-44)45(37(40)26-30)28-31-14-11-13-29-12-7-8-17-35(29)31/h7-8,11-14,17,30,32-34,36-37H,1-6,9-10,15-16,18-28H2,(H3,41,42)(H,43,46). The molecule has 5 fully saturated rings. The van der Waals surface area contributed by atoms with E-state index < -0.39 is 0 Å². The minimum Gasteiger partial charge on any atom is -0.387 e. The number of fused-ring (bicyclic) bond motifs is 2. The van der Waals surface area contributed by atoms with E-state index in [4.69, 9.17) is 11.1 Å². The van der Waals surface area contributed by atoms with Gasteiger partial charge in [-0.15, -0.1) is 0 Å². The zero-order valence-corrected chi connectivity index (χ0v) is 28.2. The molecule has 7 rings (SSSR count). The topological polar surface area (TPSA) is 85.4 Å². The number of likely N-dealkylation sites (tertiary alicyclic amines) is 2. The fourth-order valence-corrected chi connectivity index (χ4v) is 10.8. The van der Waals surface area contributed by atoms with Crippen LogP contribution in [0.3, 0.4) is 0 Å². The fraction of sp³-hybridized carbons (Fsp3) is 0.700. The first-order chi connectivity index (χ1) is 22.5. The summed E-state index contributed by atoms with van der Waals surface area (Å²) in [5.41, 5.74) is 7.71. The van der Waals surface area contributed by atoms with Gasteiger partial charge in [0.15, 0.2) is 0 Å². The molecule has 4 atom stereocenters. The van der Waals surface area contributed by atoms with Crippen LogP contribution in [-0.4, -0.2) is 58.8 Å². The van der Waals surface area contributed by atoms with Crippen LogP contribution in [0.5, 0.6) is 0 Å². The van der Waals surface area contributed by atoms with Crippen LogP contribution in [-0.2, 0) is 11.3 Å². The van der Waals surface area contributed by atoms with Crippen molar-refractivity contribution in [2.45, 2.75) is 146 Å². The Bertz CT molecular complexity index is 1330. The molecule has 2 aromatic rings. The van der Waals surface area contributed by atoms with E-state index in [0.717, 1.165) is 45.1 Å². The van der Waals surface area contributed by atoms with E-state index in [0.29, 0.717) is 23.8 Å². The average Bonchev–Trinajstić information content (AvgIpc) is 3.75.